The molecule has 1 saturated carbocycles. The molecule has 15 heavy (non-hydrogen) atoms. The van der Waals surface area contributed by atoms with E-state index in [1.54, 1.807) is 0 Å². The summed E-state index contributed by atoms with van der Waals surface area (Å²) in [4.78, 5) is 11.7. The summed E-state index contributed by atoms with van der Waals surface area (Å²) in [5, 5.41) is 11.8. The molecule has 0 aromatic carbocycles. The van der Waals surface area contributed by atoms with Crippen molar-refractivity contribution in [3.8, 4) is 0 Å². The molecule has 4 nitrogen and oxygen atoms in total. The molecule has 1 aliphatic carbocycles. The monoisotopic (exact) mass is 214 g/mol. The van der Waals surface area contributed by atoms with E-state index in [2.05, 4.69) is 12.2 Å². The van der Waals surface area contributed by atoms with Crippen molar-refractivity contribution in [3.05, 3.63) is 0 Å². The quantitative estimate of drug-likeness (QED) is 0.568. The molecule has 0 aliphatic heterocycles. The van der Waals surface area contributed by atoms with Crippen molar-refractivity contribution in [2.75, 3.05) is 19.7 Å². The topological polar surface area (TPSA) is 75.3 Å². The van der Waals surface area contributed by atoms with Crippen molar-refractivity contribution in [3.63, 3.8) is 0 Å². The minimum atomic E-state index is -0.252. The van der Waals surface area contributed by atoms with Gasteiger partial charge in [0.25, 0.3) is 0 Å². The van der Waals surface area contributed by atoms with Crippen LogP contribution in [-0.4, -0.2) is 30.7 Å². The summed E-state index contributed by atoms with van der Waals surface area (Å²) in [6.07, 6.45) is 3.58. The summed E-state index contributed by atoms with van der Waals surface area (Å²) >= 11 is 0. The number of nitrogens with one attached hydrogen (secondary N) is 1. The normalized spacial score (nSPS) is 19.7. The first-order chi connectivity index (χ1) is 7.18. The molecule has 0 bridgehead atoms. The zero-order chi connectivity index (χ0) is 11.3. The van der Waals surface area contributed by atoms with Gasteiger partial charge in [-0.05, 0) is 25.2 Å². The van der Waals surface area contributed by atoms with Crippen LogP contribution in [0.5, 0.6) is 0 Å². The molecule has 1 unspecified atom stereocenters. The molecule has 0 heterocycles. The average molecular weight is 214 g/mol. The Morgan fingerprint density at radius 2 is 2.27 bits per heavy atom. The van der Waals surface area contributed by atoms with Crippen LogP contribution in [0, 0.1) is 11.3 Å². The van der Waals surface area contributed by atoms with Gasteiger partial charge in [-0.1, -0.05) is 13.3 Å². The number of nitrogens with two attached hydrogens (primary N) is 1. The van der Waals surface area contributed by atoms with Crippen molar-refractivity contribution >= 4 is 5.91 Å². The Balaban J connectivity index is 2.26. The van der Waals surface area contributed by atoms with Crippen LogP contribution in [0.2, 0.25) is 0 Å². The Morgan fingerprint density at radius 3 is 2.67 bits per heavy atom. The zero-order valence-corrected chi connectivity index (χ0v) is 9.46. The largest absolute Gasteiger partial charge is 0.396 e. The Bertz CT molecular complexity index is 215. The first-order valence-electron chi connectivity index (χ1n) is 5.77. The van der Waals surface area contributed by atoms with Gasteiger partial charge in [-0.2, -0.15) is 0 Å². The van der Waals surface area contributed by atoms with Gasteiger partial charge in [0.15, 0.2) is 0 Å². The van der Waals surface area contributed by atoms with E-state index < -0.39 is 0 Å². The SMILES string of the molecule is CCC(CCO)CNC(=O)C1(CN)CC1. The predicted molar refractivity (Wildman–Crippen MR) is 59.2 cm³/mol. The molecule has 4 heteroatoms. The van der Waals surface area contributed by atoms with E-state index in [-0.39, 0.29) is 17.9 Å². The number of hydrogen-bond donors (Lipinski definition) is 3. The smallest absolute Gasteiger partial charge is 0.227 e. The standard InChI is InChI=1S/C11H22N2O2/c1-2-9(3-6-14)7-13-10(15)11(8-12)4-5-11/h9,14H,2-8,12H2,1H3,(H,13,15). The molecule has 0 saturated heterocycles. The van der Waals surface area contributed by atoms with Crippen LogP contribution in [0.1, 0.15) is 32.6 Å². The number of hydrogen-bond acceptors (Lipinski definition) is 3. The Kier molecular flexibility index (Phi) is 4.54. The molecule has 1 rings (SSSR count). The van der Waals surface area contributed by atoms with E-state index in [0.29, 0.717) is 19.0 Å². The second-order valence-corrected chi connectivity index (χ2v) is 4.48. The van der Waals surface area contributed by atoms with Crippen LogP contribution in [-0.2, 0) is 4.79 Å². The molecule has 1 fully saturated rings. The Morgan fingerprint density at radius 1 is 1.60 bits per heavy atom. The number of aliphatic hydroxyl groups excluding tert-OH is 1. The van der Waals surface area contributed by atoms with Crippen LogP contribution in [0.3, 0.4) is 0 Å². The van der Waals surface area contributed by atoms with Crippen LogP contribution in [0.25, 0.3) is 0 Å². The summed E-state index contributed by atoms with van der Waals surface area (Å²) in [6, 6.07) is 0. The van der Waals surface area contributed by atoms with Crippen molar-refractivity contribution in [2.24, 2.45) is 17.1 Å². The first-order valence-corrected chi connectivity index (χ1v) is 5.77. The fraction of sp³-hybridized carbons (Fsp3) is 0.909. The van der Waals surface area contributed by atoms with E-state index in [1.165, 1.54) is 0 Å². The van der Waals surface area contributed by atoms with Crippen LogP contribution < -0.4 is 11.1 Å². The van der Waals surface area contributed by atoms with Crippen molar-refractivity contribution < 1.29 is 9.90 Å². The van der Waals surface area contributed by atoms with Gasteiger partial charge >= 0.3 is 0 Å². The fourth-order valence-electron chi connectivity index (χ4n) is 1.73. The van der Waals surface area contributed by atoms with E-state index >= 15 is 0 Å². The Hall–Kier alpha value is -0.610. The van der Waals surface area contributed by atoms with Crippen LogP contribution in [0.4, 0.5) is 0 Å². The van der Waals surface area contributed by atoms with Gasteiger partial charge < -0.3 is 16.2 Å². The fourth-order valence-corrected chi connectivity index (χ4v) is 1.73. The molecular weight excluding hydrogens is 192 g/mol. The molecule has 0 aromatic rings. The van der Waals surface area contributed by atoms with E-state index in [9.17, 15) is 4.79 Å². The third-order valence-electron chi connectivity index (χ3n) is 3.39. The number of carbonyl (C=O) groups excluding carboxylic acids is 1. The predicted octanol–water partition coefficient (Wildman–Crippen LogP) is 0.250. The minimum Gasteiger partial charge on any atom is -0.396 e. The first kappa shape index (κ1) is 12.5. The lowest BCUT2D eigenvalue weighted by Crippen LogP contribution is -2.39. The van der Waals surface area contributed by atoms with Gasteiger partial charge in [0, 0.05) is 19.7 Å². The lowest BCUT2D eigenvalue weighted by molar-refractivity contribution is -0.126. The van der Waals surface area contributed by atoms with Gasteiger partial charge in [-0.15, -0.1) is 0 Å². The highest BCUT2D eigenvalue weighted by Crippen LogP contribution is 2.44. The molecule has 0 radical (unpaired) electrons. The highest BCUT2D eigenvalue weighted by atomic mass is 16.3. The number of carbonyl (C=O) groups is 1. The van der Waals surface area contributed by atoms with E-state index in [0.717, 1.165) is 25.7 Å². The number of aliphatic hydroxyl groups is 1. The molecule has 4 N–H and O–H groups in total. The van der Waals surface area contributed by atoms with Crippen molar-refractivity contribution in [2.45, 2.75) is 32.6 Å². The van der Waals surface area contributed by atoms with Crippen molar-refractivity contribution in [1.82, 2.24) is 5.32 Å². The molecule has 0 spiro atoms. The third-order valence-corrected chi connectivity index (χ3v) is 3.39. The van der Waals surface area contributed by atoms with Gasteiger partial charge in [0.1, 0.15) is 0 Å². The molecule has 1 aliphatic rings. The molecular formula is C11H22N2O2. The second-order valence-electron chi connectivity index (χ2n) is 4.48. The van der Waals surface area contributed by atoms with Gasteiger partial charge in [-0.25, -0.2) is 0 Å². The van der Waals surface area contributed by atoms with E-state index in [1.807, 2.05) is 0 Å². The van der Waals surface area contributed by atoms with Gasteiger partial charge in [0.2, 0.25) is 5.91 Å². The minimum absolute atomic E-state index is 0.0985. The van der Waals surface area contributed by atoms with Gasteiger partial charge in [0.05, 0.1) is 5.41 Å². The maximum absolute atomic E-state index is 11.7. The van der Waals surface area contributed by atoms with Crippen LogP contribution in [0.15, 0.2) is 0 Å². The van der Waals surface area contributed by atoms with Crippen molar-refractivity contribution in [1.29, 1.82) is 0 Å². The summed E-state index contributed by atoms with van der Waals surface area (Å²) in [5.41, 5.74) is 5.31. The maximum atomic E-state index is 11.7. The van der Waals surface area contributed by atoms with E-state index in [4.69, 9.17) is 10.8 Å². The maximum Gasteiger partial charge on any atom is 0.227 e. The summed E-state index contributed by atoms with van der Waals surface area (Å²) in [6.45, 7) is 3.38. The van der Waals surface area contributed by atoms with Crippen LogP contribution >= 0.6 is 0 Å². The van der Waals surface area contributed by atoms with Gasteiger partial charge in [-0.3, -0.25) is 4.79 Å². The summed E-state index contributed by atoms with van der Waals surface area (Å²) < 4.78 is 0. The average Bonchev–Trinajstić information content (AvgIpc) is 3.04. The highest BCUT2D eigenvalue weighted by molar-refractivity contribution is 5.85. The Labute approximate surface area is 91.2 Å². The summed E-state index contributed by atoms with van der Waals surface area (Å²) in [5.74, 6) is 0.480. The zero-order valence-electron chi connectivity index (χ0n) is 9.46. The number of amides is 1. The number of rotatable bonds is 7. The summed E-state index contributed by atoms with van der Waals surface area (Å²) in [7, 11) is 0. The second kappa shape index (κ2) is 5.47. The molecule has 88 valence electrons. The third kappa shape index (κ3) is 3.18. The molecule has 1 amide bonds. The lowest BCUT2D eigenvalue weighted by Gasteiger charge is -2.17. The highest BCUT2D eigenvalue weighted by Gasteiger charge is 2.48. The molecule has 1 atom stereocenters. The molecule has 0 aromatic heterocycles. The lowest BCUT2D eigenvalue weighted by atomic mass is 10.0.